The molecule has 4 nitrogen and oxygen atoms in total. The molecule has 16 heavy (non-hydrogen) atoms. The SMILES string of the molecule is CC(CC(=O)N1CCCO1)C1CCCNC1. The minimum Gasteiger partial charge on any atom is -0.316 e. The van der Waals surface area contributed by atoms with E-state index in [1.54, 1.807) is 5.06 Å². The van der Waals surface area contributed by atoms with Gasteiger partial charge < -0.3 is 5.32 Å². The fraction of sp³-hybridized carbons (Fsp3) is 0.917. The van der Waals surface area contributed by atoms with E-state index >= 15 is 0 Å². The third-order valence-electron chi connectivity index (χ3n) is 3.67. The Balaban J connectivity index is 1.76. The van der Waals surface area contributed by atoms with Crippen molar-refractivity contribution < 1.29 is 9.63 Å². The highest BCUT2D eigenvalue weighted by molar-refractivity contribution is 5.75. The standard InChI is InChI=1S/C12H22N2O2/c1-10(11-4-2-5-13-9-11)8-12(15)14-6-3-7-16-14/h10-11,13H,2-9H2,1H3. The van der Waals surface area contributed by atoms with Crippen molar-refractivity contribution in [1.82, 2.24) is 10.4 Å². The third-order valence-corrected chi connectivity index (χ3v) is 3.67. The van der Waals surface area contributed by atoms with Gasteiger partial charge in [0.15, 0.2) is 0 Å². The van der Waals surface area contributed by atoms with E-state index in [0.717, 1.165) is 26.1 Å². The highest BCUT2D eigenvalue weighted by atomic mass is 16.7. The van der Waals surface area contributed by atoms with Gasteiger partial charge >= 0.3 is 0 Å². The molecule has 0 spiro atoms. The van der Waals surface area contributed by atoms with Gasteiger partial charge in [0.2, 0.25) is 5.91 Å². The van der Waals surface area contributed by atoms with Crippen LogP contribution in [-0.4, -0.2) is 37.2 Å². The van der Waals surface area contributed by atoms with E-state index in [2.05, 4.69) is 12.2 Å². The average molecular weight is 226 g/mol. The zero-order chi connectivity index (χ0) is 11.4. The van der Waals surface area contributed by atoms with Crippen molar-refractivity contribution in [2.45, 2.75) is 32.6 Å². The zero-order valence-corrected chi connectivity index (χ0v) is 10.1. The molecule has 2 unspecified atom stereocenters. The summed E-state index contributed by atoms with van der Waals surface area (Å²) in [5.41, 5.74) is 0. The lowest BCUT2D eigenvalue weighted by atomic mass is 9.85. The van der Waals surface area contributed by atoms with Crippen LogP contribution in [0.25, 0.3) is 0 Å². The molecule has 2 aliphatic rings. The first-order valence-electron chi connectivity index (χ1n) is 6.41. The summed E-state index contributed by atoms with van der Waals surface area (Å²) in [6.45, 7) is 5.85. The summed E-state index contributed by atoms with van der Waals surface area (Å²) in [4.78, 5) is 17.2. The lowest BCUT2D eigenvalue weighted by molar-refractivity contribution is -0.170. The molecule has 1 amide bonds. The Morgan fingerprint density at radius 1 is 1.56 bits per heavy atom. The van der Waals surface area contributed by atoms with Crippen LogP contribution in [0.4, 0.5) is 0 Å². The number of amides is 1. The molecule has 2 atom stereocenters. The van der Waals surface area contributed by atoms with Crippen molar-refractivity contribution in [2.75, 3.05) is 26.2 Å². The molecule has 0 bridgehead atoms. The number of hydrogen-bond acceptors (Lipinski definition) is 3. The number of hydrogen-bond donors (Lipinski definition) is 1. The maximum Gasteiger partial charge on any atom is 0.246 e. The number of carbonyl (C=O) groups is 1. The number of carbonyl (C=O) groups excluding carboxylic acids is 1. The van der Waals surface area contributed by atoms with E-state index in [9.17, 15) is 4.79 Å². The quantitative estimate of drug-likeness (QED) is 0.785. The molecule has 0 saturated carbocycles. The van der Waals surface area contributed by atoms with Crippen LogP contribution in [0.3, 0.4) is 0 Å². The molecule has 0 aromatic carbocycles. The van der Waals surface area contributed by atoms with Gasteiger partial charge in [-0.25, -0.2) is 5.06 Å². The minimum atomic E-state index is 0.163. The molecule has 2 rings (SSSR count). The van der Waals surface area contributed by atoms with Gasteiger partial charge in [0.05, 0.1) is 13.2 Å². The molecular formula is C12H22N2O2. The van der Waals surface area contributed by atoms with Crippen LogP contribution in [0, 0.1) is 11.8 Å². The van der Waals surface area contributed by atoms with Gasteiger partial charge in [-0.1, -0.05) is 6.92 Å². The van der Waals surface area contributed by atoms with Gasteiger partial charge in [-0.15, -0.1) is 0 Å². The summed E-state index contributed by atoms with van der Waals surface area (Å²) in [6.07, 6.45) is 4.10. The van der Waals surface area contributed by atoms with Crippen LogP contribution in [0.1, 0.15) is 32.6 Å². The van der Waals surface area contributed by atoms with E-state index in [4.69, 9.17) is 4.84 Å². The fourth-order valence-corrected chi connectivity index (χ4v) is 2.55. The number of rotatable bonds is 3. The normalized spacial score (nSPS) is 28.1. The second-order valence-corrected chi connectivity index (χ2v) is 4.97. The van der Waals surface area contributed by atoms with Crippen LogP contribution in [-0.2, 0) is 9.63 Å². The Hall–Kier alpha value is -0.610. The largest absolute Gasteiger partial charge is 0.316 e. The first-order valence-corrected chi connectivity index (χ1v) is 6.41. The van der Waals surface area contributed by atoms with Gasteiger partial charge in [0.25, 0.3) is 0 Å². The first kappa shape index (κ1) is 11.9. The molecule has 1 N–H and O–H groups in total. The predicted octanol–water partition coefficient (Wildman–Crippen LogP) is 1.18. The number of nitrogens with zero attached hydrogens (tertiary/aromatic N) is 1. The molecule has 0 radical (unpaired) electrons. The van der Waals surface area contributed by atoms with Crippen LogP contribution < -0.4 is 5.32 Å². The molecule has 2 fully saturated rings. The molecular weight excluding hydrogens is 204 g/mol. The lowest BCUT2D eigenvalue weighted by Crippen LogP contribution is -2.36. The summed E-state index contributed by atoms with van der Waals surface area (Å²) in [5, 5.41) is 4.95. The van der Waals surface area contributed by atoms with Gasteiger partial charge in [-0.05, 0) is 44.2 Å². The van der Waals surface area contributed by atoms with Crippen LogP contribution >= 0.6 is 0 Å². The van der Waals surface area contributed by atoms with E-state index < -0.39 is 0 Å². The number of hydroxylamine groups is 2. The summed E-state index contributed by atoms with van der Waals surface area (Å²) < 4.78 is 0. The molecule has 2 heterocycles. The summed E-state index contributed by atoms with van der Waals surface area (Å²) in [5.74, 6) is 1.28. The molecule has 2 saturated heterocycles. The summed E-state index contributed by atoms with van der Waals surface area (Å²) in [7, 11) is 0. The molecule has 0 aromatic heterocycles. The van der Waals surface area contributed by atoms with E-state index in [0.29, 0.717) is 24.9 Å². The van der Waals surface area contributed by atoms with Crippen molar-refractivity contribution in [2.24, 2.45) is 11.8 Å². The van der Waals surface area contributed by atoms with Crippen molar-refractivity contribution in [3.8, 4) is 0 Å². The van der Waals surface area contributed by atoms with Crippen LogP contribution in [0.15, 0.2) is 0 Å². The number of nitrogens with one attached hydrogen (secondary N) is 1. The summed E-state index contributed by atoms with van der Waals surface area (Å²) >= 11 is 0. The summed E-state index contributed by atoms with van der Waals surface area (Å²) in [6, 6.07) is 0. The van der Waals surface area contributed by atoms with Gasteiger partial charge in [0, 0.05) is 6.42 Å². The van der Waals surface area contributed by atoms with E-state index in [-0.39, 0.29) is 5.91 Å². The average Bonchev–Trinajstić information content (AvgIpc) is 2.83. The second-order valence-electron chi connectivity index (χ2n) is 4.97. The third kappa shape index (κ3) is 2.95. The van der Waals surface area contributed by atoms with Gasteiger partial charge in [-0.2, -0.15) is 0 Å². The Kier molecular flexibility index (Phi) is 4.18. The Morgan fingerprint density at radius 3 is 3.06 bits per heavy atom. The Labute approximate surface area is 97.3 Å². The monoisotopic (exact) mass is 226 g/mol. The van der Waals surface area contributed by atoms with E-state index in [1.165, 1.54) is 12.8 Å². The first-order chi connectivity index (χ1) is 7.77. The Bertz CT molecular complexity index is 233. The van der Waals surface area contributed by atoms with Crippen molar-refractivity contribution in [3.63, 3.8) is 0 Å². The highest BCUT2D eigenvalue weighted by Crippen LogP contribution is 2.23. The zero-order valence-electron chi connectivity index (χ0n) is 10.1. The highest BCUT2D eigenvalue weighted by Gasteiger charge is 2.26. The van der Waals surface area contributed by atoms with Crippen LogP contribution in [0.5, 0.6) is 0 Å². The minimum absolute atomic E-state index is 0.163. The van der Waals surface area contributed by atoms with Gasteiger partial charge in [0.1, 0.15) is 0 Å². The van der Waals surface area contributed by atoms with Crippen molar-refractivity contribution >= 4 is 5.91 Å². The molecule has 0 aromatic rings. The molecule has 2 aliphatic heterocycles. The topological polar surface area (TPSA) is 41.6 Å². The fourth-order valence-electron chi connectivity index (χ4n) is 2.55. The second kappa shape index (κ2) is 5.64. The molecule has 4 heteroatoms. The van der Waals surface area contributed by atoms with E-state index in [1.807, 2.05) is 0 Å². The Morgan fingerprint density at radius 2 is 2.44 bits per heavy atom. The molecule has 92 valence electrons. The lowest BCUT2D eigenvalue weighted by Gasteiger charge is -2.28. The maximum atomic E-state index is 11.9. The number of piperidine rings is 1. The van der Waals surface area contributed by atoms with Gasteiger partial charge in [-0.3, -0.25) is 9.63 Å². The smallest absolute Gasteiger partial charge is 0.246 e. The van der Waals surface area contributed by atoms with Crippen molar-refractivity contribution in [3.05, 3.63) is 0 Å². The van der Waals surface area contributed by atoms with Crippen LogP contribution in [0.2, 0.25) is 0 Å². The maximum absolute atomic E-state index is 11.9. The molecule has 0 aliphatic carbocycles. The van der Waals surface area contributed by atoms with Crippen molar-refractivity contribution in [1.29, 1.82) is 0 Å². The predicted molar refractivity (Wildman–Crippen MR) is 61.7 cm³/mol.